The second-order valence-electron chi connectivity index (χ2n) is 6.43. The fraction of sp³-hybridized carbons (Fsp3) is 0.600. The van der Waals surface area contributed by atoms with Crippen molar-refractivity contribution in [3.05, 3.63) is 45.7 Å². The van der Waals surface area contributed by atoms with E-state index in [1.807, 2.05) is 0 Å². The summed E-state index contributed by atoms with van der Waals surface area (Å²) in [6, 6.07) is 0.517. The maximum Gasteiger partial charge on any atom is 0.0408 e. The zero-order chi connectivity index (χ0) is 16.1. The number of rotatable bonds is 6. The summed E-state index contributed by atoms with van der Waals surface area (Å²) in [5, 5.41) is 6.94. The van der Waals surface area contributed by atoms with Crippen LogP contribution < -0.4 is 10.6 Å². The van der Waals surface area contributed by atoms with E-state index in [9.17, 15) is 0 Å². The predicted molar refractivity (Wildman–Crippen MR) is 96.8 cm³/mol. The summed E-state index contributed by atoms with van der Waals surface area (Å²) < 4.78 is 0. The lowest BCUT2D eigenvalue weighted by Crippen LogP contribution is -2.23. The molecule has 0 saturated heterocycles. The van der Waals surface area contributed by atoms with Crippen LogP contribution in [0.15, 0.2) is 45.7 Å². The Bertz CT molecular complexity index is 532. The molecule has 0 saturated carbocycles. The molecule has 0 fully saturated rings. The average Bonchev–Trinajstić information content (AvgIpc) is 2.94. The number of hydrogen-bond acceptors (Lipinski definition) is 2. The third-order valence-electron chi connectivity index (χ3n) is 5.13. The van der Waals surface area contributed by atoms with Crippen LogP contribution in [-0.2, 0) is 0 Å². The van der Waals surface area contributed by atoms with E-state index in [0.717, 1.165) is 25.7 Å². The number of allylic oxidation sites excluding steroid dienone is 5. The van der Waals surface area contributed by atoms with Gasteiger partial charge < -0.3 is 10.6 Å². The van der Waals surface area contributed by atoms with Crippen LogP contribution >= 0.6 is 0 Å². The summed E-state index contributed by atoms with van der Waals surface area (Å²) in [5.41, 5.74) is 9.22. The molecule has 1 atom stereocenters. The van der Waals surface area contributed by atoms with Gasteiger partial charge in [-0.25, -0.2) is 0 Å². The molecule has 2 nitrogen and oxygen atoms in total. The van der Waals surface area contributed by atoms with Crippen LogP contribution in [0.2, 0.25) is 0 Å². The van der Waals surface area contributed by atoms with Gasteiger partial charge in [0.15, 0.2) is 0 Å². The summed E-state index contributed by atoms with van der Waals surface area (Å²) in [6.45, 7) is 6.86. The van der Waals surface area contributed by atoms with E-state index in [-0.39, 0.29) is 0 Å². The monoisotopic (exact) mass is 300 g/mol. The van der Waals surface area contributed by atoms with E-state index in [1.165, 1.54) is 29.7 Å². The van der Waals surface area contributed by atoms with Crippen LogP contribution in [0.25, 0.3) is 0 Å². The Kier molecular flexibility index (Phi) is 6.07. The molecule has 0 aliphatic heterocycles. The van der Waals surface area contributed by atoms with Crippen molar-refractivity contribution in [1.82, 2.24) is 10.6 Å². The minimum Gasteiger partial charge on any atom is -0.388 e. The van der Waals surface area contributed by atoms with Crippen LogP contribution in [-0.4, -0.2) is 20.1 Å². The Morgan fingerprint density at radius 3 is 2.59 bits per heavy atom. The number of likely N-dealkylation sites (N-methyl/N-ethyl adjacent to an activating group) is 1. The molecule has 22 heavy (non-hydrogen) atoms. The SMILES string of the molecule is CCC1=C(NC)/C(=C(/CC)CC(C)NC)C2=C(CC=C2)CC1. The van der Waals surface area contributed by atoms with E-state index < -0.39 is 0 Å². The summed E-state index contributed by atoms with van der Waals surface area (Å²) in [6.07, 6.45) is 11.6. The minimum atomic E-state index is 0.517. The van der Waals surface area contributed by atoms with Crippen molar-refractivity contribution in [2.45, 2.75) is 65.3 Å². The molecule has 122 valence electrons. The van der Waals surface area contributed by atoms with Crippen molar-refractivity contribution in [3.8, 4) is 0 Å². The Labute approximate surface area is 136 Å². The lowest BCUT2D eigenvalue weighted by Gasteiger charge is -2.22. The zero-order valence-electron chi connectivity index (χ0n) is 15.0. The van der Waals surface area contributed by atoms with E-state index in [4.69, 9.17) is 0 Å². The molecule has 1 unspecified atom stereocenters. The Morgan fingerprint density at radius 1 is 1.23 bits per heavy atom. The molecule has 2 N–H and O–H groups in total. The van der Waals surface area contributed by atoms with Gasteiger partial charge in [0.25, 0.3) is 0 Å². The van der Waals surface area contributed by atoms with Gasteiger partial charge in [-0.05, 0) is 63.6 Å². The highest BCUT2D eigenvalue weighted by atomic mass is 14.9. The standard InChI is InChI=1S/C20H32N2/c1-6-15-11-12-17-9-8-10-18(17)19(20(15)22-5)16(7-2)13-14(3)21-4/h8,10,14,21-22H,6-7,9,11-13H2,1-5H3/b19-16-. The van der Waals surface area contributed by atoms with E-state index in [2.05, 4.69) is 57.7 Å². The minimum absolute atomic E-state index is 0.517. The molecule has 0 radical (unpaired) electrons. The molecular formula is C20H32N2. The van der Waals surface area contributed by atoms with Gasteiger partial charge in [0.05, 0.1) is 0 Å². The maximum atomic E-state index is 3.55. The molecule has 2 aliphatic carbocycles. The third-order valence-corrected chi connectivity index (χ3v) is 5.13. The smallest absolute Gasteiger partial charge is 0.0408 e. The van der Waals surface area contributed by atoms with Gasteiger partial charge in [0.2, 0.25) is 0 Å². The molecule has 2 heteroatoms. The largest absolute Gasteiger partial charge is 0.388 e. The van der Waals surface area contributed by atoms with Crippen LogP contribution in [0.4, 0.5) is 0 Å². The van der Waals surface area contributed by atoms with E-state index >= 15 is 0 Å². The first kappa shape index (κ1) is 17.1. The van der Waals surface area contributed by atoms with Crippen molar-refractivity contribution in [2.75, 3.05) is 14.1 Å². The van der Waals surface area contributed by atoms with E-state index in [1.54, 1.807) is 16.7 Å². The van der Waals surface area contributed by atoms with Gasteiger partial charge in [-0.3, -0.25) is 0 Å². The predicted octanol–water partition coefficient (Wildman–Crippen LogP) is 4.62. The first-order chi connectivity index (χ1) is 10.7. The fourth-order valence-electron chi connectivity index (χ4n) is 3.70. The lowest BCUT2D eigenvalue weighted by molar-refractivity contribution is 0.595. The third kappa shape index (κ3) is 3.38. The highest BCUT2D eigenvalue weighted by Gasteiger charge is 2.24. The van der Waals surface area contributed by atoms with Crippen molar-refractivity contribution < 1.29 is 0 Å². The molecule has 0 amide bonds. The maximum absolute atomic E-state index is 3.55. The summed E-state index contributed by atoms with van der Waals surface area (Å²) in [5.74, 6) is 0. The molecule has 0 spiro atoms. The lowest BCUT2D eigenvalue weighted by atomic mass is 9.89. The quantitative estimate of drug-likeness (QED) is 0.747. The molecule has 2 rings (SSSR count). The van der Waals surface area contributed by atoms with Crippen LogP contribution in [0.1, 0.15) is 59.3 Å². The topological polar surface area (TPSA) is 24.1 Å². The zero-order valence-corrected chi connectivity index (χ0v) is 15.0. The van der Waals surface area contributed by atoms with Gasteiger partial charge in [-0.1, -0.05) is 37.1 Å². The van der Waals surface area contributed by atoms with Gasteiger partial charge >= 0.3 is 0 Å². The first-order valence-electron chi connectivity index (χ1n) is 8.84. The first-order valence-corrected chi connectivity index (χ1v) is 8.84. The summed E-state index contributed by atoms with van der Waals surface area (Å²) in [4.78, 5) is 0. The van der Waals surface area contributed by atoms with Gasteiger partial charge in [0, 0.05) is 24.4 Å². The van der Waals surface area contributed by atoms with Gasteiger partial charge in [0.1, 0.15) is 0 Å². The summed E-state index contributed by atoms with van der Waals surface area (Å²) >= 11 is 0. The van der Waals surface area contributed by atoms with Crippen molar-refractivity contribution in [2.24, 2.45) is 0 Å². The van der Waals surface area contributed by atoms with Crippen LogP contribution in [0.3, 0.4) is 0 Å². The molecule has 2 aliphatic rings. The molecule has 0 heterocycles. The van der Waals surface area contributed by atoms with E-state index in [0.29, 0.717) is 6.04 Å². The number of nitrogens with one attached hydrogen (secondary N) is 2. The highest BCUT2D eigenvalue weighted by molar-refractivity contribution is 5.60. The second kappa shape index (κ2) is 7.82. The van der Waals surface area contributed by atoms with Crippen LogP contribution in [0.5, 0.6) is 0 Å². The molecule has 0 bridgehead atoms. The molecule has 0 aromatic carbocycles. The van der Waals surface area contributed by atoms with Crippen molar-refractivity contribution in [1.29, 1.82) is 0 Å². The normalized spacial score (nSPS) is 21.9. The van der Waals surface area contributed by atoms with Crippen molar-refractivity contribution >= 4 is 0 Å². The molecular weight excluding hydrogens is 268 g/mol. The number of hydrogen-bond donors (Lipinski definition) is 2. The Morgan fingerprint density at radius 2 is 2.00 bits per heavy atom. The van der Waals surface area contributed by atoms with Gasteiger partial charge in [-0.2, -0.15) is 0 Å². The van der Waals surface area contributed by atoms with Crippen molar-refractivity contribution in [3.63, 3.8) is 0 Å². The highest BCUT2D eigenvalue weighted by Crippen LogP contribution is 2.40. The summed E-state index contributed by atoms with van der Waals surface area (Å²) in [7, 11) is 4.14. The average molecular weight is 300 g/mol. The molecule has 0 aromatic heterocycles. The Balaban J connectivity index is 2.59. The van der Waals surface area contributed by atoms with Crippen LogP contribution in [0, 0.1) is 0 Å². The fourth-order valence-corrected chi connectivity index (χ4v) is 3.70. The van der Waals surface area contributed by atoms with Gasteiger partial charge in [-0.15, -0.1) is 0 Å². The second-order valence-corrected chi connectivity index (χ2v) is 6.43. The molecule has 0 aromatic rings. The Hall–Kier alpha value is -1.28.